The van der Waals surface area contributed by atoms with Crippen LogP contribution >= 0.6 is 0 Å². The average Bonchev–Trinajstić information content (AvgIpc) is 2.95. The van der Waals surface area contributed by atoms with Crippen molar-refractivity contribution in [2.75, 3.05) is 7.11 Å². The fourth-order valence-electron chi connectivity index (χ4n) is 2.17. The predicted molar refractivity (Wildman–Crippen MR) is 91.6 cm³/mol. The predicted octanol–water partition coefficient (Wildman–Crippen LogP) is 3.41. The molecule has 1 heterocycles. The number of methoxy groups -OCH3 is 1. The molecule has 0 radical (unpaired) electrons. The van der Waals surface area contributed by atoms with E-state index in [1.165, 1.54) is 13.2 Å². The summed E-state index contributed by atoms with van der Waals surface area (Å²) < 4.78 is 10.2. The molecule has 1 aliphatic rings. The number of cyclic esters (lactones) is 1. The Hall–Kier alpha value is -3.34. The van der Waals surface area contributed by atoms with Crippen LogP contribution < -0.4 is 4.74 Å². The molecule has 5 heteroatoms. The summed E-state index contributed by atoms with van der Waals surface area (Å²) in [6.07, 6.45) is 5.04. The summed E-state index contributed by atoms with van der Waals surface area (Å²) in [7, 11) is 1.46. The maximum Gasteiger partial charge on any atom is 0.363 e. The quantitative estimate of drug-likeness (QED) is 0.692. The molecule has 0 bridgehead atoms. The second-order valence-corrected chi connectivity index (χ2v) is 5.04. The number of hydrogen-bond acceptors (Lipinski definition) is 5. The van der Waals surface area contributed by atoms with Gasteiger partial charge in [0.05, 0.1) is 7.11 Å². The van der Waals surface area contributed by atoms with E-state index in [2.05, 4.69) is 4.99 Å². The second kappa shape index (κ2) is 6.83. The highest BCUT2D eigenvalue weighted by atomic mass is 16.6. The molecule has 120 valence electrons. The number of nitrogens with zero attached hydrogens (tertiary/aromatic N) is 1. The van der Waals surface area contributed by atoms with E-state index in [1.807, 2.05) is 36.4 Å². The van der Waals surface area contributed by atoms with Crippen LogP contribution in [0.5, 0.6) is 11.5 Å². The number of aromatic hydroxyl groups is 1. The minimum Gasteiger partial charge on any atom is -0.504 e. The van der Waals surface area contributed by atoms with E-state index in [9.17, 15) is 9.90 Å². The van der Waals surface area contributed by atoms with Crippen LogP contribution in [0.15, 0.2) is 65.3 Å². The molecule has 2 aromatic carbocycles. The molecular weight excluding hydrogens is 306 g/mol. The van der Waals surface area contributed by atoms with Crippen molar-refractivity contribution in [1.82, 2.24) is 0 Å². The van der Waals surface area contributed by atoms with Crippen molar-refractivity contribution in [3.05, 3.63) is 71.4 Å². The van der Waals surface area contributed by atoms with Crippen LogP contribution in [0.3, 0.4) is 0 Å². The highest BCUT2D eigenvalue weighted by Gasteiger charge is 2.21. The number of rotatable bonds is 4. The first-order chi connectivity index (χ1) is 11.7. The number of phenols is 1. The fraction of sp³-hybridized carbons (Fsp3) is 0.0526. The van der Waals surface area contributed by atoms with Gasteiger partial charge in [-0.3, -0.25) is 0 Å². The lowest BCUT2D eigenvalue weighted by Crippen LogP contribution is -2.01. The summed E-state index contributed by atoms with van der Waals surface area (Å²) in [6.45, 7) is 0. The maximum absolute atomic E-state index is 11.9. The van der Waals surface area contributed by atoms with Gasteiger partial charge in [-0.25, -0.2) is 9.79 Å². The van der Waals surface area contributed by atoms with Crippen molar-refractivity contribution in [3.8, 4) is 11.5 Å². The second-order valence-electron chi connectivity index (χ2n) is 5.04. The Morgan fingerprint density at radius 3 is 2.62 bits per heavy atom. The van der Waals surface area contributed by atoms with E-state index < -0.39 is 5.97 Å². The van der Waals surface area contributed by atoms with Crippen LogP contribution in [0.1, 0.15) is 11.1 Å². The molecule has 24 heavy (non-hydrogen) atoms. The summed E-state index contributed by atoms with van der Waals surface area (Å²) in [6, 6.07) is 14.4. The highest BCUT2D eigenvalue weighted by molar-refractivity contribution is 6.11. The third-order valence-corrected chi connectivity index (χ3v) is 3.36. The Balaban J connectivity index is 1.82. The van der Waals surface area contributed by atoms with Crippen molar-refractivity contribution in [1.29, 1.82) is 0 Å². The van der Waals surface area contributed by atoms with Gasteiger partial charge < -0.3 is 14.6 Å². The number of aliphatic imine (C=N–C) groups is 1. The van der Waals surface area contributed by atoms with Gasteiger partial charge in [0.1, 0.15) is 0 Å². The van der Waals surface area contributed by atoms with E-state index in [-0.39, 0.29) is 17.3 Å². The molecule has 1 aliphatic heterocycles. The van der Waals surface area contributed by atoms with Gasteiger partial charge in [-0.05, 0) is 35.4 Å². The summed E-state index contributed by atoms with van der Waals surface area (Å²) in [5.41, 5.74) is 1.85. The van der Waals surface area contributed by atoms with Crippen LogP contribution in [0.4, 0.5) is 0 Å². The standard InChI is InChI=1S/C19H15NO4/c1-23-17-12-14(7-9-16(17)21)11-15-19(22)24-18(20-15)10-8-13-5-3-2-4-6-13/h2-12,21H,1H3/b10-8+,15-11-. The minimum atomic E-state index is -0.519. The lowest BCUT2D eigenvalue weighted by Gasteiger charge is -2.03. The average molecular weight is 321 g/mol. The lowest BCUT2D eigenvalue weighted by molar-refractivity contribution is -0.129. The molecule has 0 saturated heterocycles. The summed E-state index contributed by atoms with van der Waals surface area (Å²) in [5, 5.41) is 9.59. The zero-order valence-electron chi connectivity index (χ0n) is 13.0. The fourth-order valence-corrected chi connectivity index (χ4v) is 2.17. The van der Waals surface area contributed by atoms with Gasteiger partial charge >= 0.3 is 5.97 Å². The Morgan fingerprint density at radius 1 is 1.08 bits per heavy atom. The first-order valence-corrected chi connectivity index (χ1v) is 7.28. The molecule has 0 spiro atoms. The van der Waals surface area contributed by atoms with Crippen molar-refractivity contribution in [2.24, 2.45) is 4.99 Å². The third kappa shape index (κ3) is 3.52. The van der Waals surface area contributed by atoms with E-state index in [4.69, 9.17) is 9.47 Å². The van der Waals surface area contributed by atoms with Gasteiger partial charge in [-0.1, -0.05) is 36.4 Å². The Bertz CT molecular complexity index is 851. The number of carbonyl (C=O) groups is 1. The lowest BCUT2D eigenvalue weighted by atomic mass is 10.1. The van der Waals surface area contributed by atoms with Crippen molar-refractivity contribution in [2.45, 2.75) is 0 Å². The molecule has 0 fully saturated rings. The molecule has 3 rings (SSSR count). The van der Waals surface area contributed by atoms with Crippen molar-refractivity contribution in [3.63, 3.8) is 0 Å². The summed E-state index contributed by atoms with van der Waals surface area (Å²) >= 11 is 0. The number of phenolic OH excluding ortho intramolecular Hbond substituents is 1. The monoisotopic (exact) mass is 321 g/mol. The highest BCUT2D eigenvalue weighted by Crippen LogP contribution is 2.28. The molecule has 0 saturated carbocycles. The third-order valence-electron chi connectivity index (χ3n) is 3.36. The number of benzene rings is 2. The number of esters is 1. The van der Waals surface area contributed by atoms with E-state index in [1.54, 1.807) is 24.3 Å². The Kier molecular flexibility index (Phi) is 4.43. The zero-order valence-corrected chi connectivity index (χ0v) is 13.0. The minimum absolute atomic E-state index is 0.0311. The molecule has 0 aliphatic carbocycles. The molecule has 0 amide bonds. The number of hydrogen-bond donors (Lipinski definition) is 1. The number of ether oxygens (including phenoxy) is 2. The normalized spacial score (nSPS) is 15.6. The van der Waals surface area contributed by atoms with Crippen LogP contribution in [-0.2, 0) is 9.53 Å². The van der Waals surface area contributed by atoms with E-state index >= 15 is 0 Å². The largest absolute Gasteiger partial charge is 0.504 e. The summed E-state index contributed by atoms with van der Waals surface area (Å²) in [4.78, 5) is 16.1. The Labute approximate surface area is 139 Å². The molecule has 1 N–H and O–H groups in total. The van der Waals surface area contributed by atoms with Gasteiger partial charge in [-0.15, -0.1) is 0 Å². The van der Waals surface area contributed by atoms with Crippen molar-refractivity contribution >= 4 is 24.0 Å². The van der Waals surface area contributed by atoms with Crippen LogP contribution in [0.25, 0.3) is 12.2 Å². The van der Waals surface area contributed by atoms with Crippen molar-refractivity contribution < 1.29 is 19.4 Å². The smallest absolute Gasteiger partial charge is 0.363 e. The van der Waals surface area contributed by atoms with Gasteiger partial charge in [0.2, 0.25) is 5.90 Å². The van der Waals surface area contributed by atoms with Crippen LogP contribution in [-0.4, -0.2) is 24.1 Å². The topological polar surface area (TPSA) is 68.1 Å². The maximum atomic E-state index is 11.9. The van der Waals surface area contributed by atoms with E-state index in [0.29, 0.717) is 11.3 Å². The zero-order chi connectivity index (χ0) is 16.9. The molecule has 0 aromatic heterocycles. The van der Waals surface area contributed by atoms with Crippen LogP contribution in [0.2, 0.25) is 0 Å². The molecule has 5 nitrogen and oxygen atoms in total. The van der Waals surface area contributed by atoms with Gasteiger partial charge in [-0.2, -0.15) is 0 Å². The SMILES string of the molecule is COc1cc(/C=C2N=C(/C=C/c3ccccc3)OC\2=O)ccc1O. The molecule has 2 aromatic rings. The molecule has 0 atom stereocenters. The molecular formula is C19H15NO4. The van der Waals surface area contributed by atoms with Gasteiger partial charge in [0.15, 0.2) is 17.2 Å². The molecule has 0 unspecified atom stereocenters. The summed E-state index contributed by atoms with van der Waals surface area (Å²) in [5.74, 6) is 0.0723. The Morgan fingerprint density at radius 2 is 1.88 bits per heavy atom. The number of carbonyl (C=O) groups excluding carboxylic acids is 1. The van der Waals surface area contributed by atoms with Gasteiger partial charge in [0.25, 0.3) is 0 Å². The van der Waals surface area contributed by atoms with E-state index in [0.717, 1.165) is 5.56 Å². The van der Waals surface area contributed by atoms with Gasteiger partial charge in [0, 0.05) is 6.08 Å². The first kappa shape index (κ1) is 15.6. The first-order valence-electron chi connectivity index (χ1n) is 7.28. The van der Waals surface area contributed by atoms with Crippen LogP contribution in [0, 0.1) is 0 Å².